The molecule has 1 aliphatic heterocycles. The van der Waals surface area contributed by atoms with Crippen molar-refractivity contribution in [3.8, 4) is 34.5 Å². The van der Waals surface area contributed by atoms with E-state index in [-0.39, 0.29) is 23.9 Å². The summed E-state index contributed by atoms with van der Waals surface area (Å²) in [6.45, 7) is -0.162. The minimum atomic E-state index is -0.280. The zero-order chi connectivity index (χ0) is 24.9. The molecule has 8 nitrogen and oxygen atoms in total. The van der Waals surface area contributed by atoms with Gasteiger partial charge in [-0.15, -0.1) is 0 Å². The molecule has 0 saturated heterocycles. The summed E-state index contributed by atoms with van der Waals surface area (Å²) in [6, 6.07) is 15.0. The summed E-state index contributed by atoms with van der Waals surface area (Å²) >= 11 is 0. The summed E-state index contributed by atoms with van der Waals surface area (Å²) in [5.41, 5.74) is 1.49. The van der Waals surface area contributed by atoms with Crippen LogP contribution in [0.3, 0.4) is 0 Å². The van der Waals surface area contributed by atoms with E-state index in [9.17, 15) is 9.59 Å². The van der Waals surface area contributed by atoms with Gasteiger partial charge in [-0.05, 0) is 54.6 Å². The van der Waals surface area contributed by atoms with Gasteiger partial charge in [-0.1, -0.05) is 0 Å². The van der Waals surface area contributed by atoms with Gasteiger partial charge >= 0.3 is 0 Å². The van der Waals surface area contributed by atoms with Crippen LogP contribution in [0.1, 0.15) is 26.3 Å². The van der Waals surface area contributed by atoms with Gasteiger partial charge in [-0.3, -0.25) is 9.59 Å². The van der Waals surface area contributed by atoms with Crippen LogP contribution in [0, 0.1) is 0 Å². The normalized spacial score (nSPS) is 13.1. The molecule has 0 spiro atoms. The molecule has 0 fully saturated rings. The number of Topliss-reactive ketones (excluding diaryl/α,β-unsaturated/α-hetero) is 2. The van der Waals surface area contributed by atoms with E-state index in [1.54, 1.807) is 67.8 Å². The maximum Gasteiger partial charge on any atom is 0.231 e. The highest BCUT2D eigenvalue weighted by atomic mass is 16.5. The minimum absolute atomic E-state index is 0.122. The third kappa shape index (κ3) is 4.77. The second kappa shape index (κ2) is 10.2. The van der Waals surface area contributed by atoms with Gasteiger partial charge in [0.05, 0.1) is 34.0 Å². The summed E-state index contributed by atoms with van der Waals surface area (Å²) in [5.74, 6) is 2.38. The average Bonchev–Trinajstić information content (AvgIpc) is 3.20. The summed E-state index contributed by atoms with van der Waals surface area (Å²) < 4.78 is 32.7. The highest BCUT2D eigenvalue weighted by Gasteiger charge is 2.29. The molecule has 0 unspecified atom stereocenters. The lowest BCUT2D eigenvalue weighted by Crippen LogP contribution is -2.11. The Bertz CT molecular complexity index is 1290. The number of hydrogen-bond acceptors (Lipinski definition) is 8. The number of fused-ring (bicyclic) bond motifs is 1. The Morgan fingerprint density at radius 2 is 1.54 bits per heavy atom. The van der Waals surface area contributed by atoms with Crippen LogP contribution in [0.25, 0.3) is 6.08 Å². The van der Waals surface area contributed by atoms with Gasteiger partial charge in [0.15, 0.2) is 29.6 Å². The number of carbonyl (C=O) groups excluding carboxylic acids is 2. The van der Waals surface area contributed by atoms with Gasteiger partial charge in [0, 0.05) is 17.2 Å². The van der Waals surface area contributed by atoms with Gasteiger partial charge < -0.3 is 28.4 Å². The number of rotatable bonds is 9. The third-order valence-corrected chi connectivity index (χ3v) is 5.44. The van der Waals surface area contributed by atoms with Crippen LogP contribution in [0.5, 0.6) is 34.5 Å². The van der Waals surface area contributed by atoms with Crippen molar-refractivity contribution in [2.24, 2.45) is 0 Å². The van der Waals surface area contributed by atoms with Crippen LogP contribution in [-0.2, 0) is 0 Å². The molecule has 1 aliphatic rings. The molecule has 180 valence electrons. The average molecular weight is 476 g/mol. The molecular weight excluding hydrogens is 452 g/mol. The van der Waals surface area contributed by atoms with Crippen molar-refractivity contribution in [2.75, 3.05) is 35.0 Å². The molecule has 8 heteroatoms. The lowest BCUT2D eigenvalue weighted by atomic mass is 10.1. The van der Waals surface area contributed by atoms with Crippen LogP contribution in [0.2, 0.25) is 0 Å². The maximum absolute atomic E-state index is 12.9. The molecule has 35 heavy (non-hydrogen) atoms. The largest absolute Gasteiger partial charge is 0.497 e. The Morgan fingerprint density at radius 1 is 0.829 bits per heavy atom. The summed E-state index contributed by atoms with van der Waals surface area (Å²) in [4.78, 5) is 25.3. The molecule has 0 aromatic heterocycles. The van der Waals surface area contributed by atoms with Crippen LogP contribution in [0.4, 0.5) is 0 Å². The van der Waals surface area contributed by atoms with Crippen molar-refractivity contribution in [2.45, 2.75) is 0 Å². The number of hydrogen-bond donors (Lipinski definition) is 0. The van der Waals surface area contributed by atoms with Crippen molar-refractivity contribution in [1.29, 1.82) is 0 Å². The minimum Gasteiger partial charge on any atom is -0.497 e. The molecule has 3 aromatic rings. The van der Waals surface area contributed by atoms with Gasteiger partial charge in [0.2, 0.25) is 11.5 Å². The second-order valence-corrected chi connectivity index (χ2v) is 7.46. The fraction of sp³-hybridized carbons (Fsp3) is 0.185. The van der Waals surface area contributed by atoms with Gasteiger partial charge in [-0.25, -0.2) is 0 Å². The van der Waals surface area contributed by atoms with E-state index in [2.05, 4.69) is 0 Å². The van der Waals surface area contributed by atoms with E-state index in [0.29, 0.717) is 51.2 Å². The highest BCUT2D eigenvalue weighted by molar-refractivity contribution is 6.14. The predicted molar refractivity (Wildman–Crippen MR) is 128 cm³/mol. The van der Waals surface area contributed by atoms with Crippen molar-refractivity contribution >= 4 is 17.6 Å². The maximum atomic E-state index is 12.9. The van der Waals surface area contributed by atoms with Crippen molar-refractivity contribution in [3.05, 3.63) is 77.0 Å². The number of allylic oxidation sites excluding steroid dienone is 1. The SMILES string of the molecule is COc1ccc(C(=O)COc2ccc3c(c2)OC(=Cc2ccc(OC)c(OC)c2OC)C3=O)cc1. The Hall–Kier alpha value is -4.46. The number of ketones is 2. The molecule has 0 N–H and O–H groups in total. The number of benzene rings is 3. The van der Waals surface area contributed by atoms with Crippen molar-refractivity contribution in [1.82, 2.24) is 0 Å². The van der Waals surface area contributed by atoms with E-state index in [0.717, 1.165) is 0 Å². The van der Waals surface area contributed by atoms with Gasteiger partial charge in [0.1, 0.15) is 17.2 Å². The van der Waals surface area contributed by atoms with E-state index in [1.165, 1.54) is 21.3 Å². The molecule has 3 aromatic carbocycles. The molecule has 0 bridgehead atoms. The lowest BCUT2D eigenvalue weighted by molar-refractivity contribution is 0.0920. The first-order valence-electron chi connectivity index (χ1n) is 10.7. The predicted octanol–water partition coefficient (Wildman–Crippen LogP) is 4.60. The molecule has 1 heterocycles. The molecule has 0 saturated carbocycles. The lowest BCUT2D eigenvalue weighted by Gasteiger charge is -2.14. The Morgan fingerprint density at radius 3 is 2.20 bits per heavy atom. The standard InChI is InChI=1S/C27H24O8/c1-30-18-8-5-16(6-9-18)21(28)15-34-19-10-11-20-23(14-19)35-24(25(20)29)13-17-7-12-22(31-2)27(33-4)26(17)32-3/h5-14H,15H2,1-4H3. The van der Waals surface area contributed by atoms with E-state index in [4.69, 9.17) is 28.4 Å². The molecule has 0 aliphatic carbocycles. The first kappa shape index (κ1) is 23.7. The fourth-order valence-corrected chi connectivity index (χ4v) is 3.65. The smallest absolute Gasteiger partial charge is 0.231 e. The fourth-order valence-electron chi connectivity index (χ4n) is 3.65. The molecule has 0 radical (unpaired) electrons. The van der Waals surface area contributed by atoms with Gasteiger partial charge in [0.25, 0.3) is 0 Å². The zero-order valence-electron chi connectivity index (χ0n) is 19.7. The highest BCUT2D eigenvalue weighted by Crippen LogP contribution is 2.42. The summed E-state index contributed by atoms with van der Waals surface area (Å²) in [7, 11) is 6.10. The molecule has 4 rings (SSSR count). The topological polar surface area (TPSA) is 89.5 Å². The Kier molecular flexibility index (Phi) is 6.91. The van der Waals surface area contributed by atoms with Crippen LogP contribution < -0.4 is 28.4 Å². The Balaban J connectivity index is 1.51. The van der Waals surface area contributed by atoms with Crippen molar-refractivity contribution in [3.63, 3.8) is 0 Å². The molecular formula is C27H24O8. The van der Waals surface area contributed by atoms with E-state index < -0.39 is 0 Å². The number of methoxy groups -OCH3 is 4. The summed E-state index contributed by atoms with van der Waals surface area (Å²) in [5, 5.41) is 0. The summed E-state index contributed by atoms with van der Waals surface area (Å²) in [6.07, 6.45) is 1.58. The van der Waals surface area contributed by atoms with Crippen LogP contribution >= 0.6 is 0 Å². The zero-order valence-corrected chi connectivity index (χ0v) is 19.7. The first-order chi connectivity index (χ1) is 17.0. The van der Waals surface area contributed by atoms with Crippen LogP contribution in [-0.4, -0.2) is 46.6 Å². The van der Waals surface area contributed by atoms with Gasteiger partial charge in [-0.2, -0.15) is 0 Å². The van der Waals surface area contributed by atoms with E-state index >= 15 is 0 Å². The third-order valence-electron chi connectivity index (χ3n) is 5.44. The second-order valence-electron chi connectivity index (χ2n) is 7.46. The molecule has 0 atom stereocenters. The quantitative estimate of drug-likeness (QED) is 0.327. The Labute approximate surface area is 202 Å². The number of ether oxygens (including phenoxy) is 6. The monoisotopic (exact) mass is 476 g/mol. The van der Waals surface area contributed by atoms with Crippen molar-refractivity contribution < 1.29 is 38.0 Å². The molecule has 0 amide bonds. The van der Waals surface area contributed by atoms with Crippen LogP contribution in [0.15, 0.2) is 60.4 Å². The number of carbonyl (C=O) groups is 2. The van der Waals surface area contributed by atoms with E-state index in [1.807, 2.05) is 0 Å². The first-order valence-corrected chi connectivity index (χ1v) is 10.7.